The molecule has 1 aromatic heterocycles. The first-order valence-electron chi connectivity index (χ1n) is 9.22. The van der Waals surface area contributed by atoms with Crippen molar-refractivity contribution in [1.29, 1.82) is 0 Å². The second-order valence-corrected chi connectivity index (χ2v) is 7.08. The van der Waals surface area contributed by atoms with Crippen LogP contribution in [0, 0.1) is 17.6 Å². The molecule has 2 fully saturated rings. The monoisotopic (exact) mass is 389 g/mol. The Bertz CT molecular complexity index is 915. The summed E-state index contributed by atoms with van der Waals surface area (Å²) in [5, 5.41) is 3.26. The third-order valence-corrected chi connectivity index (χ3v) is 5.40. The van der Waals surface area contributed by atoms with Crippen LogP contribution in [0.2, 0.25) is 0 Å². The lowest BCUT2D eigenvalue weighted by molar-refractivity contribution is -0.142. The van der Waals surface area contributed by atoms with Crippen molar-refractivity contribution in [2.45, 2.75) is 12.5 Å². The molecule has 2 aromatic rings. The Labute approximate surface area is 160 Å². The Morgan fingerprint density at radius 2 is 2.07 bits per heavy atom. The predicted molar refractivity (Wildman–Crippen MR) is 97.3 cm³/mol. The Morgan fingerprint density at radius 3 is 2.79 bits per heavy atom. The van der Waals surface area contributed by atoms with E-state index in [9.17, 15) is 18.4 Å². The summed E-state index contributed by atoms with van der Waals surface area (Å²) in [6.45, 7) is 1.97. The molecular formula is C19H21F2N5O2. The van der Waals surface area contributed by atoms with Crippen LogP contribution in [-0.2, 0) is 16.6 Å². The maximum atomic E-state index is 13.5. The number of imidazole rings is 1. The minimum absolute atomic E-state index is 0.246. The molecule has 7 nitrogen and oxygen atoms in total. The lowest BCUT2D eigenvalue weighted by Crippen LogP contribution is -2.52. The molecule has 0 radical (unpaired) electrons. The number of amides is 2. The number of nitrogens with one attached hydrogen (secondary N) is 1. The van der Waals surface area contributed by atoms with E-state index in [1.54, 1.807) is 11.1 Å². The average molecular weight is 389 g/mol. The number of carbonyl (C=O) groups is 2. The summed E-state index contributed by atoms with van der Waals surface area (Å²) in [6.07, 6.45) is 3.84. The number of rotatable bonds is 3. The molecule has 4 rings (SSSR count). The van der Waals surface area contributed by atoms with Gasteiger partial charge in [-0.15, -0.1) is 0 Å². The highest BCUT2D eigenvalue weighted by Crippen LogP contribution is 2.30. The molecule has 9 heteroatoms. The highest BCUT2D eigenvalue weighted by molar-refractivity contribution is 6.09. The number of hydrogen-bond acceptors (Lipinski definition) is 4. The van der Waals surface area contributed by atoms with Gasteiger partial charge in [0.15, 0.2) is 11.6 Å². The van der Waals surface area contributed by atoms with Crippen molar-refractivity contribution in [3.05, 3.63) is 48.1 Å². The minimum atomic E-state index is -1.02. The number of piperazine rings is 1. The van der Waals surface area contributed by atoms with Gasteiger partial charge in [-0.25, -0.2) is 13.8 Å². The number of carbonyl (C=O) groups excluding carboxylic acids is 2. The van der Waals surface area contributed by atoms with Crippen LogP contribution < -0.4 is 10.2 Å². The van der Waals surface area contributed by atoms with Crippen molar-refractivity contribution in [1.82, 2.24) is 19.8 Å². The summed E-state index contributed by atoms with van der Waals surface area (Å²) < 4.78 is 28.6. The van der Waals surface area contributed by atoms with Crippen LogP contribution in [0.3, 0.4) is 0 Å². The van der Waals surface area contributed by atoms with E-state index in [2.05, 4.69) is 10.3 Å². The maximum Gasteiger partial charge on any atom is 0.239 e. The highest BCUT2D eigenvalue weighted by atomic mass is 19.2. The van der Waals surface area contributed by atoms with E-state index in [0.29, 0.717) is 32.6 Å². The van der Waals surface area contributed by atoms with Gasteiger partial charge in [0.2, 0.25) is 11.8 Å². The van der Waals surface area contributed by atoms with Gasteiger partial charge in [0.1, 0.15) is 17.8 Å². The SMILES string of the molecule is Cn1ccnc1C1CNCCN1C(=O)C1CCN(c2ccc(F)c(F)c2)C1=O. The van der Waals surface area contributed by atoms with E-state index in [1.165, 1.54) is 11.0 Å². The molecule has 0 saturated carbocycles. The van der Waals surface area contributed by atoms with Gasteiger partial charge in [0.25, 0.3) is 0 Å². The van der Waals surface area contributed by atoms with Gasteiger partial charge in [0, 0.05) is 57.4 Å². The molecule has 2 atom stereocenters. The van der Waals surface area contributed by atoms with Gasteiger partial charge in [-0.05, 0) is 18.6 Å². The number of anilines is 1. The fourth-order valence-electron chi connectivity index (χ4n) is 3.92. The van der Waals surface area contributed by atoms with Crippen LogP contribution in [0.1, 0.15) is 18.3 Å². The van der Waals surface area contributed by atoms with Crippen molar-refractivity contribution in [2.24, 2.45) is 13.0 Å². The highest BCUT2D eigenvalue weighted by Gasteiger charge is 2.42. The maximum absolute atomic E-state index is 13.5. The molecule has 1 N–H and O–H groups in total. The fourth-order valence-corrected chi connectivity index (χ4v) is 3.92. The number of nitrogens with zero attached hydrogens (tertiary/aromatic N) is 4. The molecule has 2 aliphatic heterocycles. The van der Waals surface area contributed by atoms with Gasteiger partial charge in [-0.3, -0.25) is 9.59 Å². The van der Waals surface area contributed by atoms with Crippen molar-refractivity contribution in [2.75, 3.05) is 31.1 Å². The Morgan fingerprint density at radius 1 is 1.25 bits per heavy atom. The Kier molecular flexibility index (Phi) is 4.84. The molecule has 0 spiro atoms. The lowest BCUT2D eigenvalue weighted by atomic mass is 10.0. The summed E-state index contributed by atoms with van der Waals surface area (Å²) in [4.78, 5) is 33.5. The summed E-state index contributed by atoms with van der Waals surface area (Å²) in [6, 6.07) is 3.07. The van der Waals surface area contributed by atoms with E-state index >= 15 is 0 Å². The van der Waals surface area contributed by atoms with Crippen molar-refractivity contribution < 1.29 is 18.4 Å². The lowest BCUT2D eigenvalue weighted by Gasteiger charge is -2.37. The topological polar surface area (TPSA) is 70.5 Å². The van der Waals surface area contributed by atoms with Crippen LogP contribution >= 0.6 is 0 Å². The molecule has 0 aliphatic carbocycles. The van der Waals surface area contributed by atoms with Crippen molar-refractivity contribution in [3.63, 3.8) is 0 Å². The second kappa shape index (κ2) is 7.31. The van der Waals surface area contributed by atoms with Crippen LogP contribution in [0.4, 0.5) is 14.5 Å². The standard InChI is InChI=1S/C19H21F2N5O2/c1-24-8-6-23-17(24)16-11-22-5-9-26(16)19(28)13-4-7-25(18(13)27)12-2-3-14(20)15(21)10-12/h2-3,6,8,10,13,16,22H,4-5,7,9,11H2,1H3. The van der Waals surface area contributed by atoms with E-state index in [0.717, 1.165) is 18.0 Å². The van der Waals surface area contributed by atoms with E-state index in [-0.39, 0.29) is 23.5 Å². The van der Waals surface area contributed by atoms with Crippen LogP contribution in [0.25, 0.3) is 0 Å². The van der Waals surface area contributed by atoms with Crippen molar-refractivity contribution in [3.8, 4) is 0 Å². The average Bonchev–Trinajstić information content (AvgIpc) is 3.29. The zero-order valence-electron chi connectivity index (χ0n) is 15.4. The molecule has 3 heterocycles. The van der Waals surface area contributed by atoms with Gasteiger partial charge >= 0.3 is 0 Å². The van der Waals surface area contributed by atoms with E-state index in [1.807, 2.05) is 17.8 Å². The molecular weight excluding hydrogens is 368 g/mol. The second-order valence-electron chi connectivity index (χ2n) is 7.08. The van der Waals surface area contributed by atoms with Crippen molar-refractivity contribution >= 4 is 17.5 Å². The molecule has 2 unspecified atom stereocenters. The fraction of sp³-hybridized carbons (Fsp3) is 0.421. The summed E-state index contributed by atoms with van der Waals surface area (Å²) >= 11 is 0. The van der Waals surface area contributed by atoms with Gasteiger partial charge in [-0.2, -0.15) is 0 Å². The number of hydrogen-bond donors (Lipinski definition) is 1. The first-order chi connectivity index (χ1) is 13.5. The molecule has 2 aliphatic rings. The first-order valence-corrected chi connectivity index (χ1v) is 9.22. The van der Waals surface area contributed by atoms with Crippen LogP contribution in [0.5, 0.6) is 0 Å². The Hall–Kier alpha value is -2.81. The molecule has 2 saturated heterocycles. The summed E-state index contributed by atoms with van der Waals surface area (Å²) in [5.41, 5.74) is 0.264. The molecule has 28 heavy (non-hydrogen) atoms. The quantitative estimate of drug-likeness (QED) is 0.802. The molecule has 0 bridgehead atoms. The van der Waals surface area contributed by atoms with Crippen LogP contribution in [-0.4, -0.2) is 52.4 Å². The van der Waals surface area contributed by atoms with Gasteiger partial charge in [0.05, 0.1) is 0 Å². The molecule has 1 aromatic carbocycles. The summed E-state index contributed by atoms with van der Waals surface area (Å²) in [5.74, 6) is -2.69. The third kappa shape index (κ3) is 3.15. The number of halogens is 2. The predicted octanol–water partition coefficient (Wildman–Crippen LogP) is 1.22. The number of benzene rings is 1. The molecule has 148 valence electrons. The van der Waals surface area contributed by atoms with Gasteiger partial charge < -0.3 is 19.7 Å². The first kappa shape index (κ1) is 18.5. The smallest absolute Gasteiger partial charge is 0.239 e. The van der Waals surface area contributed by atoms with Gasteiger partial charge in [-0.1, -0.05) is 0 Å². The number of aryl methyl sites for hydroxylation is 1. The Balaban J connectivity index is 1.55. The number of aromatic nitrogens is 2. The van der Waals surface area contributed by atoms with Crippen LogP contribution in [0.15, 0.2) is 30.6 Å². The largest absolute Gasteiger partial charge is 0.336 e. The van der Waals surface area contributed by atoms with E-state index in [4.69, 9.17) is 0 Å². The summed E-state index contributed by atoms with van der Waals surface area (Å²) in [7, 11) is 1.87. The normalized spacial score (nSPS) is 22.8. The molecule has 2 amide bonds. The van der Waals surface area contributed by atoms with E-state index < -0.39 is 17.6 Å². The zero-order valence-corrected chi connectivity index (χ0v) is 15.4. The third-order valence-electron chi connectivity index (χ3n) is 5.40. The zero-order chi connectivity index (χ0) is 19.8. The minimum Gasteiger partial charge on any atom is -0.336 e.